The van der Waals surface area contributed by atoms with E-state index >= 15 is 0 Å². The summed E-state index contributed by atoms with van der Waals surface area (Å²) in [5, 5.41) is 12.7. The zero-order chi connectivity index (χ0) is 20.8. The van der Waals surface area contributed by atoms with Gasteiger partial charge < -0.3 is 14.6 Å². The van der Waals surface area contributed by atoms with Crippen molar-refractivity contribution in [3.8, 4) is 5.75 Å². The maximum Gasteiger partial charge on any atom is 0.234 e. The maximum absolute atomic E-state index is 12.3. The number of thioether (sulfide) groups is 1. The molecular weight excluding hydrogens is 499 g/mol. The molecule has 0 unspecified atom stereocenters. The van der Waals surface area contributed by atoms with Gasteiger partial charge in [-0.1, -0.05) is 50.9 Å². The molecule has 6 nitrogen and oxygen atoms in total. The predicted molar refractivity (Wildman–Crippen MR) is 120 cm³/mol. The predicted octanol–water partition coefficient (Wildman–Crippen LogP) is 5.68. The van der Waals surface area contributed by atoms with Gasteiger partial charge in [0.05, 0.1) is 16.5 Å². The van der Waals surface area contributed by atoms with Gasteiger partial charge in [0.1, 0.15) is 12.4 Å². The van der Waals surface area contributed by atoms with Crippen LogP contribution in [0, 0.1) is 0 Å². The number of rotatable bonds is 8. The van der Waals surface area contributed by atoms with Gasteiger partial charge in [0.25, 0.3) is 0 Å². The number of nitrogens with zero attached hydrogens (tertiary/aromatic N) is 3. The van der Waals surface area contributed by atoms with Crippen LogP contribution in [-0.4, -0.2) is 26.4 Å². The number of halogens is 3. The number of nitrogens with one attached hydrogen (secondary N) is 1. The number of carbonyl (C=O) groups excluding carboxylic acids is 1. The Balaban J connectivity index is 1.58. The minimum Gasteiger partial charge on any atom is -0.486 e. The van der Waals surface area contributed by atoms with Crippen LogP contribution in [0.15, 0.2) is 52.1 Å². The minimum atomic E-state index is -0.197. The van der Waals surface area contributed by atoms with Gasteiger partial charge in [-0.05, 0) is 49.4 Å². The molecule has 1 N–H and O–H groups in total. The van der Waals surface area contributed by atoms with E-state index in [0.29, 0.717) is 33.3 Å². The second-order valence-electron chi connectivity index (χ2n) is 5.85. The highest BCUT2D eigenvalue weighted by Crippen LogP contribution is 2.26. The van der Waals surface area contributed by atoms with Gasteiger partial charge in [-0.2, -0.15) is 0 Å². The summed E-state index contributed by atoms with van der Waals surface area (Å²) in [7, 11) is 0. The Morgan fingerprint density at radius 3 is 2.66 bits per heavy atom. The summed E-state index contributed by atoms with van der Waals surface area (Å²) in [6.07, 6.45) is 0. The molecule has 0 bridgehead atoms. The number of anilines is 1. The van der Waals surface area contributed by atoms with Crippen molar-refractivity contribution in [1.82, 2.24) is 14.8 Å². The number of amides is 1. The summed E-state index contributed by atoms with van der Waals surface area (Å²) in [5.74, 6) is 1.41. The number of aromatic nitrogens is 3. The highest BCUT2D eigenvalue weighted by molar-refractivity contribution is 9.10. The normalized spacial score (nSPS) is 10.8. The second-order valence-corrected chi connectivity index (χ2v) is 8.55. The molecule has 0 atom stereocenters. The molecule has 29 heavy (non-hydrogen) atoms. The lowest BCUT2D eigenvalue weighted by Gasteiger charge is -2.09. The Hall–Kier alpha value is -1.74. The van der Waals surface area contributed by atoms with Crippen LogP contribution in [-0.2, 0) is 17.9 Å². The Morgan fingerprint density at radius 2 is 1.97 bits per heavy atom. The molecule has 3 aromatic rings. The summed E-state index contributed by atoms with van der Waals surface area (Å²) >= 11 is 16.6. The molecule has 2 aromatic carbocycles. The molecule has 0 aliphatic carbocycles. The number of carbonyl (C=O) groups is 1. The first-order valence-corrected chi connectivity index (χ1v) is 11.2. The van der Waals surface area contributed by atoms with Gasteiger partial charge in [-0.15, -0.1) is 10.2 Å². The molecule has 10 heteroatoms. The molecule has 0 spiro atoms. The molecule has 0 fully saturated rings. The molecule has 1 amide bonds. The van der Waals surface area contributed by atoms with Crippen LogP contribution < -0.4 is 10.1 Å². The summed E-state index contributed by atoms with van der Waals surface area (Å²) < 4.78 is 8.68. The fraction of sp³-hybridized carbons (Fsp3) is 0.211. The fourth-order valence-corrected chi connectivity index (χ4v) is 3.98. The van der Waals surface area contributed by atoms with E-state index < -0.39 is 0 Å². The summed E-state index contributed by atoms with van der Waals surface area (Å²) in [4.78, 5) is 12.3. The average molecular weight is 516 g/mol. The number of benzene rings is 2. The molecule has 3 rings (SSSR count). The van der Waals surface area contributed by atoms with Crippen molar-refractivity contribution in [3.63, 3.8) is 0 Å². The van der Waals surface area contributed by atoms with Crippen molar-refractivity contribution in [1.29, 1.82) is 0 Å². The van der Waals surface area contributed by atoms with Crippen molar-refractivity contribution in [2.75, 3.05) is 11.1 Å². The Bertz CT molecular complexity index is 998. The molecule has 0 saturated carbocycles. The Morgan fingerprint density at radius 1 is 1.21 bits per heavy atom. The van der Waals surface area contributed by atoms with Gasteiger partial charge in [0.2, 0.25) is 5.91 Å². The van der Waals surface area contributed by atoms with Crippen molar-refractivity contribution in [3.05, 3.63) is 62.8 Å². The zero-order valence-electron chi connectivity index (χ0n) is 15.4. The third-order valence-corrected chi connectivity index (χ3v) is 5.87. The van der Waals surface area contributed by atoms with E-state index in [9.17, 15) is 4.79 Å². The van der Waals surface area contributed by atoms with Crippen LogP contribution in [0.5, 0.6) is 5.75 Å². The van der Waals surface area contributed by atoms with Gasteiger partial charge in [-0.25, -0.2) is 0 Å². The smallest absolute Gasteiger partial charge is 0.234 e. The van der Waals surface area contributed by atoms with E-state index in [4.69, 9.17) is 27.9 Å². The lowest BCUT2D eigenvalue weighted by Crippen LogP contribution is -2.15. The first-order chi connectivity index (χ1) is 14.0. The molecule has 0 radical (unpaired) electrons. The van der Waals surface area contributed by atoms with Crippen LogP contribution in [0.25, 0.3) is 0 Å². The molecule has 1 heterocycles. The second kappa shape index (κ2) is 10.3. The molecular formula is C19H17BrCl2N4O2S. The van der Waals surface area contributed by atoms with Crippen molar-refractivity contribution in [2.24, 2.45) is 0 Å². The molecule has 0 saturated heterocycles. The van der Waals surface area contributed by atoms with Crippen LogP contribution in [0.2, 0.25) is 10.0 Å². The van der Waals surface area contributed by atoms with Crippen LogP contribution in [0.4, 0.5) is 5.69 Å². The SMILES string of the molecule is CCn1c(COc2ccc(Br)cc2)nnc1SCC(=O)Nc1ccc(Cl)cc1Cl. The van der Waals surface area contributed by atoms with Crippen molar-refractivity contribution >= 4 is 62.5 Å². The maximum atomic E-state index is 12.3. The Labute approximate surface area is 191 Å². The lowest BCUT2D eigenvalue weighted by atomic mass is 10.3. The topological polar surface area (TPSA) is 69.0 Å². The lowest BCUT2D eigenvalue weighted by molar-refractivity contribution is -0.113. The van der Waals surface area contributed by atoms with E-state index in [-0.39, 0.29) is 18.3 Å². The number of hydrogen-bond acceptors (Lipinski definition) is 5. The van der Waals surface area contributed by atoms with E-state index in [2.05, 4.69) is 31.4 Å². The van der Waals surface area contributed by atoms with Crippen molar-refractivity contribution in [2.45, 2.75) is 25.2 Å². The van der Waals surface area contributed by atoms with E-state index in [1.54, 1.807) is 18.2 Å². The quantitative estimate of drug-likeness (QED) is 0.391. The van der Waals surface area contributed by atoms with Crippen LogP contribution in [0.1, 0.15) is 12.7 Å². The minimum absolute atomic E-state index is 0.171. The molecule has 0 aliphatic heterocycles. The average Bonchev–Trinajstić information content (AvgIpc) is 3.10. The largest absolute Gasteiger partial charge is 0.486 e. The van der Waals surface area contributed by atoms with Gasteiger partial charge in [0, 0.05) is 16.0 Å². The Kier molecular flexibility index (Phi) is 7.83. The van der Waals surface area contributed by atoms with Gasteiger partial charge in [0.15, 0.2) is 11.0 Å². The third kappa shape index (κ3) is 6.12. The standard InChI is InChI=1S/C19H17BrCl2N4O2S/c1-2-26-17(10-28-14-6-3-12(20)4-7-14)24-25-19(26)29-11-18(27)23-16-8-5-13(21)9-15(16)22/h3-9H,2,10-11H2,1H3,(H,23,27). The highest BCUT2D eigenvalue weighted by atomic mass is 79.9. The fourth-order valence-electron chi connectivity index (χ4n) is 2.44. The molecule has 0 aliphatic rings. The monoisotopic (exact) mass is 514 g/mol. The van der Waals surface area contributed by atoms with Gasteiger partial charge >= 0.3 is 0 Å². The number of ether oxygens (including phenoxy) is 1. The van der Waals surface area contributed by atoms with E-state index in [1.807, 2.05) is 35.8 Å². The zero-order valence-corrected chi connectivity index (χ0v) is 19.3. The van der Waals surface area contributed by atoms with E-state index in [0.717, 1.165) is 10.2 Å². The van der Waals surface area contributed by atoms with Crippen molar-refractivity contribution < 1.29 is 9.53 Å². The van der Waals surface area contributed by atoms with Gasteiger partial charge in [-0.3, -0.25) is 4.79 Å². The molecule has 152 valence electrons. The van der Waals surface area contributed by atoms with E-state index in [1.165, 1.54) is 11.8 Å². The summed E-state index contributed by atoms with van der Waals surface area (Å²) in [6, 6.07) is 12.5. The first-order valence-electron chi connectivity index (χ1n) is 8.64. The highest BCUT2D eigenvalue weighted by Gasteiger charge is 2.14. The number of hydrogen-bond donors (Lipinski definition) is 1. The van der Waals surface area contributed by atoms with Crippen LogP contribution >= 0.6 is 50.9 Å². The molecule has 1 aromatic heterocycles. The van der Waals surface area contributed by atoms with Crippen LogP contribution in [0.3, 0.4) is 0 Å². The first kappa shape index (κ1) is 22.0. The third-order valence-electron chi connectivity index (χ3n) is 3.83. The summed E-state index contributed by atoms with van der Waals surface area (Å²) in [5.41, 5.74) is 0.516. The summed E-state index contributed by atoms with van der Waals surface area (Å²) in [6.45, 7) is 2.94.